The number of nitriles is 1. The molecule has 2 heterocycles. The van der Waals surface area contributed by atoms with Gasteiger partial charge in [0.05, 0.1) is 23.9 Å². The van der Waals surface area contributed by atoms with E-state index in [2.05, 4.69) is 24.1 Å². The molecule has 0 radical (unpaired) electrons. The van der Waals surface area contributed by atoms with Gasteiger partial charge >= 0.3 is 5.97 Å². The van der Waals surface area contributed by atoms with Crippen LogP contribution in [0, 0.1) is 24.2 Å². The highest BCUT2D eigenvalue weighted by Crippen LogP contribution is 2.31. The first-order valence-electron chi connectivity index (χ1n) is 7.75. The largest absolute Gasteiger partial charge is 0.465 e. The molecule has 6 nitrogen and oxygen atoms in total. The highest BCUT2D eigenvalue weighted by Gasteiger charge is 2.22. The van der Waals surface area contributed by atoms with Crippen LogP contribution in [0.25, 0.3) is 0 Å². The van der Waals surface area contributed by atoms with Crippen LogP contribution in [0.1, 0.15) is 51.5 Å². The molecule has 2 aromatic rings. The van der Waals surface area contributed by atoms with Crippen molar-refractivity contribution in [3.63, 3.8) is 0 Å². The molecular formula is C18H19N3O3S. The maximum absolute atomic E-state index is 12.5. The molecule has 0 bridgehead atoms. The van der Waals surface area contributed by atoms with Gasteiger partial charge < -0.3 is 10.1 Å². The van der Waals surface area contributed by atoms with Crippen molar-refractivity contribution in [2.24, 2.45) is 5.92 Å². The Morgan fingerprint density at radius 2 is 2.12 bits per heavy atom. The molecule has 130 valence electrons. The normalized spacial score (nSPS) is 10.4. The highest BCUT2D eigenvalue weighted by atomic mass is 32.1. The minimum absolute atomic E-state index is 0.186. The molecule has 0 saturated heterocycles. The molecule has 7 heteroatoms. The Labute approximate surface area is 150 Å². The Bertz CT molecular complexity index is 850. The molecule has 0 aliphatic rings. The number of anilines is 1. The summed E-state index contributed by atoms with van der Waals surface area (Å²) in [5.74, 6) is -0.545. The fraction of sp³-hybridized carbons (Fsp3) is 0.333. The molecule has 25 heavy (non-hydrogen) atoms. The smallest absolute Gasteiger partial charge is 0.341 e. The summed E-state index contributed by atoms with van der Waals surface area (Å²) in [5.41, 5.74) is 2.33. The molecule has 0 aliphatic carbocycles. The van der Waals surface area contributed by atoms with E-state index < -0.39 is 11.9 Å². The predicted molar refractivity (Wildman–Crippen MR) is 95.8 cm³/mol. The molecule has 0 unspecified atom stereocenters. The lowest BCUT2D eigenvalue weighted by atomic mass is 10.0. The lowest BCUT2D eigenvalue weighted by Crippen LogP contribution is -2.16. The van der Waals surface area contributed by atoms with Crippen LogP contribution < -0.4 is 5.32 Å². The zero-order valence-corrected chi connectivity index (χ0v) is 15.4. The summed E-state index contributed by atoms with van der Waals surface area (Å²) in [6.45, 7) is 5.78. The minimum Gasteiger partial charge on any atom is -0.465 e. The number of esters is 1. The van der Waals surface area contributed by atoms with Gasteiger partial charge in [0.25, 0.3) is 5.91 Å². The lowest BCUT2D eigenvalue weighted by Gasteiger charge is -2.09. The molecule has 2 aromatic heterocycles. The van der Waals surface area contributed by atoms with Gasteiger partial charge in [0.2, 0.25) is 0 Å². The fourth-order valence-corrected chi connectivity index (χ4v) is 3.33. The predicted octanol–water partition coefficient (Wildman–Crippen LogP) is 3.56. The Kier molecular flexibility index (Phi) is 5.88. The van der Waals surface area contributed by atoms with Crippen molar-refractivity contribution in [1.29, 1.82) is 5.26 Å². The van der Waals surface area contributed by atoms with Crippen molar-refractivity contribution in [2.45, 2.75) is 27.2 Å². The van der Waals surface area contributed by atoms with Gasteiger partial charge in [-0.15, -0.1) is 11.3 Å². The van der Waals surface area contributed by atoms with E-state index in [9.17, 15) is 9.59 Å². The average molecular weight is 357 g/mol. The van der Waals surface area contributed by atoms with E-state index in [1.807, 2.05) is 11.4 Å². The fourth-order valence-electron chi connectivity index (χ4n) is 2.37. The van der Waals surface area contributed by atoms with Crippen LogP contribution in [0.2, 0.25) is 0 Å². The number of pyridine rings is 1. The van der Waals surface area contributed by atoms with Crippen LogP contribution in [0.4, 0.5) is 5.00 Å². The Balaban J connectivity index is 2.32. The first-order chi connectivity index (χ1) is 11.9. The molecule has 0 fully saturated rings. The van der Waals surface area contributed by atoms with Crippen molar-refractivity contribution in [3.05, 3.63) is 45.6 Å². The van der Waals surface area contributed by atoms with Crippen LogP contribution in [0.3, 0.4) is 0 Å². The van der Waals surface area contributed by atoms with E-state index in [4.69, 9.17) is 10.00 Å². The number of thiophene rings is 1. The van der Waals surface area contributed by atoms with Crippen molar-refractivity contribution >= 4 is 28.2 Å². The number of hydrogen-bond donors (Lipinski definition) is 1. The summed E-state index contributed by atoms with van der Waals surface area (Å²) < 4.78 is 4.86. The third-order valence-corrected chi connectivity index (χ3v) is 4.50. The number of aryl methyl sites for hydroxylation is 1. The van der Waals surface area contributed by atoms with Crippen LogP contribution in [0.5, 0.6) is 0 Å². The monoisotopic (exact) mass is 357 g/mol. The van der Waals surface area contributed by atoms with Gasteiger partial charge in [-0.3, -0.25) is 4.79 Å². The second-order valence-electron chi connectivity index (χ2n) is 5.95. The second-order valence-corrected chi connectivity index (χ2v) is 6.83. The number of carbonyl (C=O) groups excluding carboxylic acids is 2. The number of carbonyl (C=O) groups is 2. The number of rotatable bonds is 5. The molecule has 0 aromatic carbocycles. The maximum Gasteiger partial charge on any atom is 0.341 e. The number of aromatic nitrogens is 1. The maximum atomic E-state index is 12.5. The number of nitrogens with one attached hydrogen (secondary N) is 1. The van der Waals surface area contributed by atoms with E-state index in [1.165, 1.54) is 24.5 Å². The van der Waals surface area contributed by atoms with Crippen molar-refractivity contribution in [3.8, 4) is 6.07 Å². The summed E-state index contributed by atoms with van der Waals surface area (Å²) in [6.07, 6.45) is 0.713. The summed E-state index contributed by atoms with van der Waals surface area (Å²) in [6, 6.07) is 5.05. The van der Waals surface area contributed by atoms with Crippen LogP contribution in [-0.2, 0) is 11.2 Å². The van der Waals surface area contributed by atoms with Crippen LogP contribution in [0.15, 0.2) is 17.5 Å². The molecule has 1 amide bonds. The number of ether oxygens (including phenoxy) is 1. The van der Waals surface area contributed by atoms with Gasteiger partial charge in [0.15, 0.2) is 0 Å². The first kappa shape index (κ1) is 18.6. The van der Waals surface area contributed by atoms with Crippen molar-refractivity contribution in [1.82, 2.24) is 4.98 Å². The van der Waals surface area contributed by atoms with Gasteiger partial charge in [-0.1, -0.05) is 13.8 Å². The number of amides is 1. The summed E-state index contributed by atoms with van der Waals surface area (Å²) in [5, 5.41) is 14.0. The summed E-state index contributed by atoms with van der Waals surface area (Å²) in [7, 11) is 1.32. The van der Waals surface area contributed by atoms with E-state index in [1.54, 1.807) is 13.0 Å². The average Bonchev–Trinajstić information content (AvgIpc) is 2.95. The van der Waals surface area contributed by atoms with Gasteiger partial charge in [-0.25, -0.2) is 9.78 Å². The van der Waals surface area contributed by atoms with E-state index in [-0.39, 0.29) is 5.69 Å². The number of nitrogens with zero attached hydrogens (tertiary/aromatic N) is 2. The molecule has 0 saturated carbocycles. The van der Waals surface area contributed by atoms with Gasteiger partial charge in [-0.2, -0.15) is 5.26 Å². The van der Waals surface area contributed by atoms with Gasteiger partial charge in [0.1, 0.15) is 16.8 Å². The van der Waals surface area contributed by atoms with Crippen LogP contribution in [-0.4, -0.2) is 24.0 Å². The number of hydrogen-bond acceptors (Lipinski definition) is 6. The quantitative estimate of drug-likeness (QED) is 0.826. The molecular weight excluding hydrogens is 338 g/mol. The Hall–Kier alpha value is -2.72. The molecule has 0 atom stereocenters. The molecule has 2 rings (SSSR count). The zero-order chi connectivity index (χ0) is 18.6. The molecule has 0 aliphatic heterocycles. The highest BCUT2D eigenvalue weighted by molar-refractivity contribution is 7.15. The zero-order valence-electron chi connectivity index (χ0n) is 14.5. The third kappa shape index (κ3) is 4.22. The lowest BCUT2D eigenvalue weighted by molar-refractivity contribution is 0.0601. The summed E-state index contributed by atoms with van der Waals surface area (Å²) >= 11 is 1.28. The topological polar surface area (TPSA) is 92.1 Å². The Morgan fingerprint density at radius 3 is 2.68 bits per heavy atom. The SMILES string of the molecule is COC(=O)c1c(CC(C)C)csc1NC(=O)c1ccc(C#N)c(C)n1. The third-order valence-electron chi connectivity index (χ3n) is 3.55. The van der Waals surface area contributed by atoms with E-state index >= 15 is 0 Å². The summed E-state index contributed by atoms with van der Waals surface area (Å²) in [4.78, 5) is 28.7. The van der Waals surface area contributed by atoms with E-state index in [0.717, 1.165) is 5.56 Å². The van der Waals surface area contributed by atoms with E-state index in [0.29, 0.717) is 34.2 Å². The molecule has 0 spiro atoms. The molecule has 1 N–H and O–H groups in total. The number of methoxy groups -OCH3 is 1. The first-order valence-corrected chi connectivity index (χ1v) is 8.63. The van der Waals surface area contributed by atoms with Gasteiger partial charge in [0, 0.05) is 0 Å². The Morgan fingerprint density at radius 1 is 1.40 bits per heavy atom. The van der Waals surface area contributed by atoms with Crippen LogP contribution >= 0.6 is 11.3 Å². The van der Waals surface area contributed by atoms with Gasteiger partial charge in [-0.05, 0) is 42.3 Å². The second kappa shape index (κ2) is 7.90. The van der Waals surface area contributed by atoms with Crippen molar-refractivity contribution < 1.29 is 14.3 Å². The van der Waals surface area contributed by atoms with Crippen molar-refractivity contribution in [2.75, 3.05) is 12.4 Å². The minimum atomic E-state index is -0.476. The standard InChI is InChI=1S/C18H19N3O3S/c1-10(2)7-13-9-25-17(15(13)18(23)24-4)21-16(22)14-6-5-12(8-19)11(3)20-14/h5-6,9-10H,7H2,1-4H3,(H,21,22).